The van der Waals surface area contributed by atoms with Gasteiger partial charge in [-0.1, -0.05) is 44.2 Å². The fourth-order valence-electron chi connectivity index (χ4n) is 2.77. The van der Waals surface area contributed by atoms with E-state index in [1.165, 1.54) is 24.0 Å². The summed E-state index contributed by atoms with van der Waals surface area (Å²) >= 11 is 0. The lowest BCUT2D eigenvalue weighted by Crippen LogP contribution is -2.28. The molecule has 1 heterocycles. The predicted octanol–water partition coefficient (Wildman–Crippen LogP) is 3.73. The lowest BCUT2D eigenvalue weighted by molar-refractivity contribution is 0.366. The van der Waals surface area contributed by atoms with Gasteiger partial charge in [-0.15, -0.1) is 0 Å². The van der Waals surface area contributed by atoms with Crippen molar-refractivity contribution in [2.24, 2.45) is 13.0 Å². The van der Waals surface area contributed by atoms with E-state index in [-0.39, 0.29) is 0 Å². The van der Waals surface area contributed by atoms with E-state index < -0.39 is 0 Å². The first kappa shape index (κ1) is 15.8. The third-order valence-electron chi connectivity index (χ3n) is 3.99. The molecule has 0 radical (unpaired) electrons. The normalized spacial score (nSPS) is 14.0. The molecule has 0 fully saturated rings. The van der Waals surface area contributed by atoms with E-state index >= 15 is 0 Å². The molecule has 2 unspecified atom stereocenters. The molecule has 2 atom stereocenters. The Morgan fingerprint density at radius 2 is 2.00 bits per heavy atom. The summed E-state index contributed by atoms with van der Waals surface area (Å²) in [5.74, 6) is 0.596. The molecule has 0 saturated heterocycles. The van der Waals surface area contributed by atoms with Gasteiger partial charge in [-0.25, -0.2) is 0 Å². The van der Waals surface area contributed by atoms with Crippen molar-refractivity contribution in [3.05, 3.63) is 53.9 Å². The van der Waals surface area contributed by atoms with E-state index in [1.54, 1.807) is 0 Å². The van der Waals surface area contributed by atoms with Crippen molar-refractivity contribution in [1.82, 2.24) is 15.1 Å². The molecule has 1 aromatic carbocycles. The van der Waals surface area contributed by atoms with Crippen LogP contribution in [0.3, 0.4) is 0 Å². The minimum absolute atomic E-state index is 0.433. The first-order valence-corrected chi connectivity index (χ1v) is 7.96. The number of hydrogen-bond donors (Lipinski definition) is 1. The topological polar surface area (TPSA) is 29.9 Å². The first-order valence-electron chi connectivity index (χ1n) is 7.96. The van der Waals surface area contributed by atoms with Gasteiger partial charge >= 0.3 is 0 Å². The molecule has 1 aromatic heterocycles. The molecule has 0 saturated carbocycles. The average Bonchev–Trinajstić information content (AvgIpc) is 2.92. The number of nitrogens with zero attached hydrogens (tertiary/aromatic N) is 2. The van der Waals surface area contributed by atoms with Crippen LogP contribution in [-0.2, 0) is 13.5 Å². The summed E-state index contributed by atoms with van der Waals surface area (Å²) in [6.07, 6.45) is 7.51. The van der Waals surface area contributed by atoms with E-state index in [9.17, 15) is 0 Å². The smallest absolute Gasteiger partial charge is 0.0521 e. The second-order valence-corrected chi connectivity index (χ2v) is 5.88. The van der Waals surface area contributed by atoms with E-state index in [4.69, 9.17) is 0 Å². The van der Waals surface area contributed by atoms with Crippen LogP contribution in [0.25, 0.3) is 0 Å². The van der Waals surface area contributed by atoms with Gasteiger partial charge in [-0.3, -0.25) is 4.68 Å². The largest absolute Gasteiger partial charge is 0.310 e. The zero-order valence-electron chi connectivity index (χ0n) is 13.4. The molecule has 0 aliphatic heterocycles. The number of aryl methyl sites for hydroxylation is 2. The molecule has 1 N–H and O–H groups in total. The van der Waals surface area contributed by atoms with Gasteiger partial charge in [0.15, 0.2) is 0 Å². The summed E-state index contributed by atoms with van der Waals surface area (Å²) in [5, 5.41) is 7.95. The van der Waals surface area contributed by atoms with Gasteiger partial charge in [0, 0.05) is 19.3 Å². The van der Waals surface area contributed by atoms with Gasteiger partial charge in [-0.05, 0) is 42.9 Å². The Morgan fingerprint density at radius 3 is 2.62 bits per heavy atom. The van der Waals surface area contributed by atoms with Crippen molar-refractivity contribution >= 4 is 0 Å². The number of benzene rings is 1. The second-order valence-electron chi connectivity index (χ2n) is 5.88. The molecule has 0 aliphatic carbocycles. The molecule has 114 valence electrons. The average molecular weight is 285 g/mol. The van der Waals surface area contributed by atoms with Gasteiger partial charge in [0.05, 0.1) is 6.20 Å². The van der Waals surface area contributed by atoms with Crippen LogP contribution in [0.5, 0.6) is 0 Å². The highest BCUT2D eigenvalue weighted by Crippen LogP contribution is 2.25. The Balaban J connectivity index is 1.98. The SMILES string of the molecule is CCCNC(c1ccccc1)C(C)CCc1cnn(C)c1. The minimum atomic E-state index is 0.433. The molecule has 0 bridgehead atoms. The van der Waals surface area contributed by atoms with Gasteiger partial charge in [0.1, 0.15) is 0 Å². The molecular weight excluding hydrogens is 258 g/mol. The number of aromatic nitrogens is 2. The quantitative estimate of drug-likeness (QED) is 0.801. The highest BCUT2D eigenvalue weighted by atomic mass is 15.2. The highest BCUT2D eigenvalue weighted by molar-refractivity contribution is 5.19. The predicted molar refractivity (Wildman–Crippen MR) is 88.2 cm³/mol. The fraction of sp³-hybridized carbons (Fsp3) is 0.500. The van der Waals surface area contributed by atoms with Gasteiger partial charge < -0.3 is 5.32 Å². The summed E-state index contributed by atoms with van der Waals surface area (Å²) < 4.78 is 1.88. The molecular formula is C18H27N3. The summed E-state index contributed by atoms with van der Waals surface area (Å²) in [4.78, 5) is 0. The van der Waals surface area contributed by atoms with Crippen LogP contribution < -0.4 is 5.32 Å². The maximum absolute atomic E-state index is 4.25. The maximum atomic E-state index is 4.25. The number of nitrogens with one attached hydrogen (secondary N) is 1. The third kappa shape index (κ3) is 4.71. The van der Waals surface area contributed by atoms with Crippen LogP contribution in [0.15, 0.2) is 42.7 Å². The van der Waals surface area contributed by atoms with Crippen molar-refractivity contribution in [3.8, 4) is 0 Å². The Bertz CT molecular complexity index is 518. The second kappa shape index (κ2) is 7.99. The monoisotopic (exact) mass is 285 g/mol. The Hall–Kier alpha value is -1.61. The summed E-state index contributed by atoms with van der Waals surface area (Å²) in [6.45, 7) is 5.63. The number of rotatable bonds is 8. The van der Waals surface area contributed by atoms with Crippen LogP contribution in [0.4, 0.5) is 0 Å². The van der Waals surface area contributed by atoms with Gasteiger partial charge in [0.2, 0.25) is 0 Å². The van der Waals surface area contributed by atoms with E-state index in [2.05, 4.69) is 60.8 Å². The molecule has 0 aliphatic rings. The Kier molecular flexibility index (Phi) is 6.00. The van der Waals surface area contributed by atoms with Gasteiger partial charge in [-0.2, -0.15) is 5.10 Å². The molecule has 2 rings (SSSR count). The Labute approximate surface area is 128 Å². The highest BCUT2D eigenvalue weighted by Gasteiger charge is 2.18. The van der Waals surface area contributed by atoms with E-state index in [1.807, 2.05) is 17.9 Å². The zero-order valence-corrected chi connectivity index (χ0v) is 13.4. The van der Waals surface area contributed by atoms with E-state index in [0.717, 1.165) is 13.0 Å². The molecule has 0 spiro atoms. The molecule has 0 amide bonds. The van der Waals surface area contributed by atoms with Crippen molar-refractivity contribution in [3.63, 3.8) is 0 Å². The molecule has 3 heteroatoms. The number of hydrogen-bond acceptors (Lipinski definition) is 2. The van der Waals surface area contributed by atoms with Gasteiger partial charge in [0.25, 0.3) is 0 Å². The standard InChI is InChI=1S/C18H27N3/c1-4-12-19-18(17-8-6-5-7-9-17)15(2)10-11-16-13-20-21(3)14-16/h5-9,13-15,18-19H,4,10-12H2,1-3H3. The van der Waals surface area contributed by atoms with Crippen LogP contribution in [0.2, 0.25) is 0 Å². The van der Waals surface area contributed by atoms with Crippen molar-refractivity contribution in [1.29, 1.82) is 0 Å². The third-order valence-corrected chi connectivity index (χ3v) is 3.99. The van der Waals surface area contributed by atoms with Crippen molar-refractivity contribution < 1.29 is 0 Å². The summed E-state index contributed by atoms with van der Waals surface area (Å²) in [7, 11) is 1.97. The molecule has 2 aromatic rings. The Morgan fingerprint density at radius 1 is 1.24 bits per heavy atom. The van der Waals surface area contributed by atoms with Crippen LogP contribution >= 0.6 is 0 Å². The zero-order chi connectivity index (χ0) is 15.1. The summed E-state index contributed by atoms with van der Waals surface area (Å²) in [5.41, 5.74) is 2.72. The maximum Gasteiger partial charge on any atom is 0.0521 e. The van der Waals surface area contributed by atoms with Crippen molar-refractivity contribution in [2.75, 3.05) is 6.54 Å². The minimum Gasteiger partial charge on any atom is -0.310 e. The molecule has 21 heavy (non-hydrogen) atoms. The van der Waals surface area contributed by atoms with Crippen LogP contribution in [-0.4, -0.2) is 16.3 Å². The summed E-state index contributed by atoms with van der Waals surface area (Å²) in [6, 6.07) is 11.2. The van der Waals surface area contributed by atoms with Crippen LogP contribution in [0.1, 0.15) is 43.9 Å². The first-order chi connectivity index (χ1) is 10.2. The molecule has 3 nitrogen and oxygen atoms in total. The lowest BCUT2D eigenvalue weighted by atomic mass is 9.90. The van der Waals surface area contributed by atoms with E-state index in [0.29, 0.717) is 12.0 Å². The van der Waals surface area contributed by atoms with Crippen LogP contribution in [0, 0.1) is 5.92 Å². The lowest BCUT2D eigenvalue weighted by Gasteiger charge is -2.25. The fourth-order valence-corrected chi connectivity index (χ4v) is 2.77. The van der Waals surface area contributed by atoms with Crippen molar-refractivity contribution in [2.45, 2.75) is 39.2 Å².